The van der Waals surface area contributed by atoms with Gasteiger partial charge in [0.05, 0.1) is 17.4 Å². The maximum Gasteiger partial charge on any atom is 0.137 e. The molecule has 33 heavy (non-hydrogen) atoms. The number of fused-ring (bicyclic) bond motifs is 2. The van der Waals surface area contributed by atoms with Crippen LogP contribution in [0.25, 0.3) is 27.6 Å². The minimum absolute atomic E-state index is 0. The van der Waals surface area contributed by atoms with Crippen LogP contribution in [0.2, 0.25) is 0 Å². The van der Waals surface area contributed by atoms with Gasteiger partial charge in [0.15, 0.2) is 0 Å². The van der Waals surface area contributed by atoms with Gasteiger partial charge < -0.3 is 10.2 Å². The van der Waals surface area contributed by atoms with E-state index in [1.165, 1.54) is 16.7 Å². The van der Waals surface area contributed by atoms with E-state index in [0.29, 0.717) is 6.04 Å². The lowest BCUT2D eigenvalue weighted by atomic mass is 9.97. The van der Waals surface area contributed by atoms with Gasteiger partial charge in [-0.25, -0.2) is 9.97 Å². The zero-order valence-electron chi connectivity index (χ0n) is 19.0. The summed E-state index contributed by atoms with van der Waals surface area (Å²) in [5, 5.41) is 9.07. The largest absolute Gasteiger partial charge is 0.367 e. The highest BCUT2D eigenvalue weighted by Crippen LogP contribution is 2.36. The minimum atomic E-state index is 0. The minimum Gasteiger partial charge on any atom is -0.367 e. The maximum absolute atomic E-state index is 4.75. The average molecular weight is 440 g/mol. The topological polar surface area (TPSA) is 71.8 Å². The van der Waals surface area contributed by atoms with E-state index in [9.17, 15) is 0 Å². The molecule has 0 bridgehead atoms. The molecule has 6 rings (SSSR count). The third kappa shape index (κ3) is 3.78. The van der Waals surface area contributed by atoms with Gasteiger partial charge in [0.25, 0.3) is 0 Å². The van der Waals surface area contributed by atoms with Crippen molar-refractivity contribution in [3.05, 3.63) is 72.1 Å². The van der Waals surface area contributed by atoms with E-state index in [4.69, 9.17) is 4.98 Å². The molecule has 7 nitrogen and oxygen atoms in total. The molecule has 168 valence electrons. The van der Waals surface area contributed by atoms with Crippen LogP contribution in [0.3, 0.4) is 0 Å². The molecule has 7 heteroatoms. The average Bonchev–Trinajstić information content (AvgIpc) is 3.46. The van der Waals surface area contributed by atoms with Gasteiger partial charge in [0.1, 0.15) is 12.1 Å². The van der Waals surface area contributed by atoms with E-state index in [0.717, 1.165) is 65.9 Å². The standard InChI is InChI=1S/C26H27N7.H2/c1-32-9-7-20(8-10-32)31-26-23-11-17(3-5-25(23)28-16-29-26)21-4-6-24-22(21)12-18(13-27-24)19-14-30-33(2)15-19;/h3-5,11-16,20H,6-10H2,1-2H3,(H,28,29,31);1H. The number of aryl methyl sites for hydroxylation is 1. The Labute approximate surface area is 194 Å². The highest BCUT2D eigenvalue weighted by molar-refractivity contribution is 5.95. The molecule has 3 aromatic heterocycles. The fourth-order valence-corrected chi connectivity index (χ4v) is 4.88. The zero-order chi connectivity index (χ0) is 22.4. The Kier molecular flexibility index (Phi) is 4.91. The Balaban J connectivity index is 0.00000241. The molecule has 0 spiro atoms. The fourth-order valence-electron chi connectivity index (χ4n) is 4.88. The Morgan fingerprint density at radius 3 is 2.67 bits per heavy atom. The Bertz CT molecular complexity index is 1370. The number of anilines is 1. The monoisotopic (exact) mass is 439 g/mol. The Hall–Kier alpha value is -3.58. The Morgan fingerprint density at radius 2 is 1.85 bits per heavy atom. The molecule has 0 radical (unpaired) electrons. The van der Waals surface area contributed by atoms with E-state index in [-0.39, 0.29) is 1.43 Å². The molecular weight excluding hydrogens is 410 g/mol. The number of aromatic nitrogens is 5. The zero-order valence-corrected chi connectivity index (χ0v) is 19.0. The van der Waals surface area contributed by atoms with Crippen molar-refractivity contribution in [2.75, 3.05) is 25.5 Å². The van der Waals surface area contributed by atoms with Crippen molar-refractivity contribution in [1.82, 2.24) is 29.6 Å². The number of benzene rings is 1. The predicted octanol–water partition coefficient (Wildman–Crippen LogP) is 4.17. The first kappa shape index (κ1) is 20.1. The molecular formula is C26H29N7. The number of likely N-dealkylation sites (tertiary alicyclic amines) is 1. The van der Waals surface area contributed by atoms with Gasteiger partial charge in [0.2, 0.25) is 0 Å². The second-order valence-corrected chi connectivity index (χ2v) is 9.12. The molecule has 0 saturated carbocycles. The molecule has 0 amide bonds. The van der Waals surface area contributed by atoms with Crippen LogP contribution < -0.4 is 5.32 Å². The normalized spacial score (nSPS) is 16.7. The second kappa shape index (κ2) is 8.08. The van der Waals surface area contributed by atoms with Crippen molar-refractivity contribution in [1.29, 1.82) is 0 Å². The molecule has 4 aromatic rings. The number of piperidine rings is 1. The highest BCUT2D eigenvalue weighted by Gasteiger charge is 2.21. The number of hydrogen-bond donors (Lipinski definition) is 1. The number of allylic oxidation sites excluding steroid dienone is 1. The van der Waals surface area contributed by atoms with Crippen LogP contribution in [0.4, 0.5) is 5.82 Å². The first-order chi connectivity index (χ1) is 16.1. The summed E-state index contributed by atoms with van der Waals surface area (Å²) >= 11 is 0. The van der Waals surface area contributed by atoms with Crippen molar-refractivity contribution in [3.63, 3.8) is 0 Å². The summed E-state index contributed by atoms with van der Waals surface area (Å²) in [5.74, 6) is 0.928. The summed E-state index contributed by atoms with van der Waals surface area (Å²) in [4.78, 5) is 16.3. The van der Waals surface area contributed by atoms with Gasteiger partial charge in [-0.3, -0.25) is 9.67 Å². The summed E-state index contributed by atoms with van der Waals surface area (Å²) in [7, 11) is 4.12. The molecule has 1 fully saturated rings. The van der Waals surface area contributed by atoms with E-state index in [1.54, 1.807) is 6.33 Å². The van der Waals surface area contributed by atoms with Crippen LogP contribution in [0.1, 0.15) is 31.1 Å². The van der Waals surface area contributed by atoms with Crippen LogP contribution >= 0.6 is 0 Å². The van der Waals surface area contributed by atoms with Gasteiger partial charge in [-0.2, -0.15) is 5.10 Å². The summed E-state index contributed by atoms with van der Waals surface area (Å²) in [6, 6.07) is 9.17. The molecule has 2 aliphatic rings. The van der Waals surface area contributed by atoms with Crippen molar-refractivity contribution in [3.8, 4) is 11.1 Å². The van der Waals surface area contributed by atoms with E-state index in [1.807, 2.05) is 30.3 Å². The smallest absolute Gasteiger partial charge is 0.137 e. The third-order valence-electron chi connectivity index (χ3n) is 6.80. The lowest BCUT2D eigenvalue weighted by molar-refractivity contribution is 0.264. The van der Waals surface area contributed by atoms with Crippen LogP contribution in [-0.4, -0.2) is 55.8 Å². The van der Waals surface area contributed by atoms with E-state index < -0.39 is 0 Å². The number of rotatable bonds is 4. The molecule has 0 unspecified atom stereocenters. The Morgan fingerprint density at radius 1 is 0.970 bits per heavy atom. The van der Waals surface area contributed by atoms with Gasteiger partial charge >= 0.3 is 0 Å². The number of pyridine rings is 1. The molecule has 0 atom stereocenters. The van der Waals surface area contributed by atoms with Crippen molar-refractivity contribution in [2.45, 2.75) is 25.3 Å². The third-order valence-corrected chi connectivity index (χ3v) is 6.80. The van der Waals surface area contributed by atoms with E-state index >= 15 is 0 Å². The number of nitrogens with one attached hydrogen (secondary N) is 1. The second-order valence-electron chi connectivity index (χ2n) is 9.12. The van der Waals surface area contributed by atoms with Crippen molar-refractivity contribution in [2.24, 2.45) is 7.05 Å². The van der Waals surface area contributed by atoms with Gasteiger partial charge in [-0.05, 0) is 62.3 Å². The molecule has 1 aliphatic heterocycles. The van der Waals surface area contributed by atoms with Crippen molar-refractivity contribution < 1.29 is 1.43 Å². The van der Waals surface area contributed by atoms with Gasteiger partial charge in [0, 0.05) is 55.4 Å². The fraction of sp³-hybridized carbons (Fsp3) is 0.308. The summed E-state index contributed by atoms with van der Waals surface area (Å²) < 4.78 is 1.82. The molecule has 4 heterocycles. The first-order valence-corrected chi connectivity index (χ1v) is 11.5. The van der Waals surface area contributed by atoms with Crippen molar-refractivity contribution >= 4 is 22.3 Å². The van der Waals surface area contributed by atoms with Crippen LogP contribution in [0.5, 0.6) is 0 Å². The molecule has 1 aliphatic carbocycles. The van der Waals surface area contributed by atoms with Crippen LogP contribution in [0.15, 0.2) is 55.3 Å². The number of nitrogens with zero attached hydrogens (tertiary/aromatic N) is 6. The lowest BCUT2D eigenvalue weighted by Gasteiger charge is -2.30. The summed E-state index contributed by atoms with van der Waals surface area (Å²) in [5.41, 5.74) is 7.83. The molecule has 1 saturated heterocycles. The van der Waals surface area contributed by atoms with Gasteiger partial charge in [-0.1, -0.05) is 12.1 Å². The van der Waals surface area contributed by atoms with Crippen LogP contribution in [-0.2, 0) is 13.5 Å². The highest BCUT2D eigenvalue weighted by atomic mass is 15.2. The summed E-state index contributed by atoms with van der Waals surface area (Å²) in [6.07, 6.45) is 12.9. The van der Waals surface area contributed by atoms with E-state index in [2.05, 4.69) is 62.7 Å². The molecule has 1 aromatic carbocycles. The SMILES string of the molecule is CN1CCC(Nc2ncnc3ccc(C4=CCc5ncc(-c6cnn(C)c6)cc54)cc23)CC1.[HH]. The van der Waals surface area contributed by atoms with Crippen LogP contribution in [0, 0.1) is 0 Å². The summed E-state index contributed by atoms with van der Waals surface area (Å²) in [6.45, 7) is 2.23. The quantitative estimate of drug-likeness (QED) is 0.515. The first-order valence-electron chi connectivity index (χ1n) is 11.5. The predicted molar refractivity (Wildman–Crippen MR) is 133 cm³/mol. The number of hydrogen-bond acceptors (Lipinski definition) is 6. The maximum atomic E-state index is 4.75. The van der Waals surface area contributed by atoms with Gasteiger partial charge in [-0.15, -0.1) is 0 Å². The molecule has 1 N–H and O–H groups in total. The lowest BCUT2D eigenvalue weighted by Crippen LogP contribution is -2.36.